The molecule has 0 atom stereocenters. The van der Waals surface area contributed by atoms with Gasteiger partial charge in [0.1, 0.15) is 0 Å². The first kappa shape index (κ1) is 7.95. The van der Waals surface area contributed by atoms with E-state index in [0.29, 0.717) is 4.48 Å². The highest BCUT2D eigenvalue weighted by Gasteiger charge is 2.11. The van der Waals surface area contributed by atoms with E-state index in [0.717, 1.165) is 10.1 Å². The van der Waals surface area contributed by atoms with Gasteiger partial charge in [0.25, 0.3) is 0 Å². The van der Waals surface area contributed by atoms with Crippen LogP contribution >= 0.6 is 31.9 Å². The lowest BCUT2D eigenvalue weighted by atomic mass is 10.1. The number of halogens is 2. The Morgan fingerprint density at radius 1 is 1.20 bits per heavy atom. The number of carbonyl (C=O) groups is 1. The zero-order valence-corrected chi connectivity index (χ0v) is 8.20. The summed E-state index contributed by atoms with van der Waals surface area (Å²) in [5, 5.41) is 0. The molecule has 1 aliphatic carbocycles. The highest BCUT2D eigenvalue weighted by molar-refractivity contribution is 9.12. The minimum atomic E-state index is -0.0284. The third-order valence-corrected chi connectivity index (χ3v) is 2.46. The van der Waals surface area contributed by atoms with Gasteiger partial charge in [-0.05, 0) is 27.6 Å². The average molecular weight is 264 g/mol. The van der Waals surface area contributed by atoms with E-state index in [4.69, 9.17) is 0 Å². The van der Waals surface area contributed by atoms with Crippen LogP contribution in [-0.4, -0.2) is 5.78 Å². The molecule has 0 aromatic carbocycles. The van der Waals surface area contributed by atoms with E-state index < -0.39 is 0 Å². The maximum Gasteiger partial charge on any atom is 0.193 e. The summed E-state index contributed by atoms with van der Waals surface area (Å²) in [5.41, 5.74) is 0.812. The lowest BCUT2D eigenvalue weighted by molar-refractivity contribution is -0.110. The first-order valence-electron chi connectivity index (χ1n) is 2.59. The lowest BCUT2D eigenvalue weighted by Gasteiger charge is -2.04. The fourth-order valence-electron chi connectivity index (χ4n) is 0.570. The maximum atomic E-state index is 10.9. The van der Waals surface area contributed by atoms with Crippen LogP contribution in [0.2, 0.25) is 0 Å². The van der Waals surface area contributed by atoms with Gasteiger partial charge in [0.2, 0.25) is 0 Å². The number of hydrogen-bond acceptors (Lipinski definition) is 1. The van der Waals surface area contributed by atoms with E-state index in [9.17, 15) is 4.79 Å². The molecule has 0 unspecified atom stereocenters. The Labute approximate surface area is 75.8 Å². The van der Waals surface area contributed by atoms with Crippen LogP contribution in [0, 0.1) is 0 Å². The number of allylic oxidation sites excluding steroid dienone is 5. The van der Waals surface area contributed by atoms with Gasteiger partial charge in [0.05, 0.1) is 4.48 Å². The van der Waals surface area contributed by atoms with Gasteiger partial charge in [-0.3, -0.25) is 4.79 Å². The van der Waals surface area contributed by atoms with Crippen molar-refractivity contribution in [3.8, 4) is 0 Å². The van der Waals surface area contributed by atoms with Crippen molar-refractivity contribution in [3.63, 3.8) is 0 Å². The van der Waals surface area contributed by atoms with Crippen molar-refractivity contribution in [1.29, 1.82) is 0 Å². The average Bonchev–Trinajstić information content (AvgIpc) is 1.84. The van der Waals surface area contributed by atoms with E-state index in [2.05, 4.69) is 38.4 Å². The molecule has 0 fully saturated rings. The Hall–Kier alpha value is -0.150. The fraction of sp³-hybridized carbons (Fsp3) is 0. The largest absolute Gasteiger partial charge is 0.289 e. The SMILES string of the molecule is C=C1C=C(Br)C(=O)C=C1Br. The number of rotatable bonds is 0. The molecule has 0 aromatic rings. The molecule has 1 rings (SSSR count). The molecule has 1 aliphatic rings. The molecule has 0 saturated carbocycles. The predicted molar refractivity (Wildman–Crippen MR) is 48.2 cm³/mol. The lowest BCUT2D eigenvalue weighted by Crippen LogP contribution is -1.98. The molecule has 0 aromatic heterocycles. The molecule has 10 heavy (non-hydrogen) atoms. The molecule has 1 nitrogen and oxygen atoms in total. The summed E-state index contributed by atoms with van der Waals surface area (Å²) in [6.07, 6.45) is 3.18. The molecule has 0 bridgehead atoms. The first-order chi connectivity index (χ1) is 4.61. The molecular formula is C7H4Br2O. The monoisotopic (exact) mass is 262 g/mol. The molecule has 0 heterocycles. The van der Waals surface area contributed by atoms with Crippen molar-refractivity contribution in [1.82, 2.24) is 0 Å². The van der Waals surface area contributed by atoms with E-state index in [-0.39, 0.29) is 5.78 Å². The van der Waals surface area contributed by atoms with Crippen LogP contribution in [0.4, 0.5) is 0 Å². The highest BCUT2D eigenvalue weighted by Crippen LogP contribution is 2.25. The Morgan fingerprint density at radius 3 is 2.30 bits per heavy atom. The van der Waals surface area contributed by atoms with Crippen LogP contribution in [0.3, 0.4) is 0 Å². The normalized spacial score (nSPS) is 18.6. The van der Waals surface area contributed by atoms with E-state index >= 15 is 0 Å². The molecular weight excluding hydrogens is 260 g/mol. The van der Waals surface area contributed by atoms with Gasteiger partial charge in [0, 0.05) is 10.6 Å². The Balaban J connectivity index is 3.03. The van der Waals surface area contributed by atoms with Crippen LogP contribution in [0.25, 0.3) is 0 Å². The topological polar surface area (TPSA) is 17.1 Å². The van der Waals surface area contributed by atoms with Gasteiger partial charge in [-0.15, -0.1) is 0 Å². The van der Waals surface area contributed by atoms with Crippen molar-refractivity contribution in [2.45, 2.75) is 0 Å². The van der Waals surface area contributed by atoms with Crippen LogP contribution in [0.1, 0.15) is 0 Å². The van der Waals surface area contributed by atoms with Gasteiger partial charge in [-0.2, -0.15) is 0 Å². The van der Waals surface area contributed by atoms with Crippen LogP contribution < -0.4 is 0 Å². The Morgan fingerprint density at radius 2 is 1.80 bits per heavy atom. The van der Waals surface area contributed by atoms with Crippen molar-refractivity contribution in [2.75, 3.05) is 0 Å². The minimum Gasteiger partial charge on any atom is -0.289 e. The molecule has 0 aliphatic heterocycles. The van der Waals surface area contributed by atoms with Crippen molar-refractivity contribution in [2.24, 2.45) is 0 Å². The molecule has 0 saturated heterocycles. The predicted octanol–water partition coefficient (Wildman–Crippen LogP) is 2.68. The van der Waals surface area contributed by atoms with Gasteiger partial charge >= 0.3 is 0 Å². The van der Waals surface area contributed by atoms with Gasteiger partial charge in [0.15, 0.2) is 5.78 Å². The summed E-state index contributed by atoms with van der Waals surface area (Å²) in [5.74, 6) is -0.0284. The summed E-state index contributed by atoms with van der Waals surface area (Å²) in [6, 6.07) is 0. The highest BCUT2D eigenvalue weighted by atomic mass is 79.9. The fourth-order valence-corrected chi connectivity index (χ4v) is 1.28. The standard InChI is InChI=1S/C7H4Br2O/c1-4-2-6(9)7(10)3-5(4)8/h2-3H,1H2. The van der Waals surface area contributed by atoms with Crippen LogP contribution in [0.5, 0.6) is 0 Å². The third kappa shape index (κ3) is 1.47. The summed E-state index contributed by atoms with van der Waals surface area (Å²) in [4.78, 5) is 10.9. The van der Waals surface area contributed by atoms with Gasteiger partial charge in [-0.25, -0.2) is 0 Å². The molecule has 52 valence electrons. The van der Waals surface area contributed by atoms with Gasteiger partial charge < -0.3 is 0 Å². The number of hydrogen-bond donors (Lipinski definition) is 0. The third-order valence-electron chi connectivity index (χ3n) is 1.10. The second-order valence-electron chi connectivity index (χ2n) is 1.87. The maximum absolute atomic E-state index is 10.9. The van der Waals surface area contributed by atoms with Crippen molar-refractivity contribution in [3.05, 3.63) is 33.3 Å². The molecule has 0 spiro atoms. The van der Waals surface area contributed by atoms with Crippen LogP contribution in [-0.2, 0) is 4.79 Å². The number of ketones is 1. The second-order valence-corrected chi connectivity index (χ2v) is 3.58. The Bertz CT molecular complexity index is 233. The van der Waals surface area contributed by atoms with Gasteiger partial charge in [-0.1, -0.05) is 22.5 Å². The van der Waals surface area contributed by atoms with Crippen molar-refractivity contribution >= 4 is 37.6 Å². The molecule has 0 radical (unpaired) electrons. The van der Waals surface area contributed by atoms with E-state index in [1.165, 1.54) is 6.08 Å². The van der Waals surface area contributed by atoms with Crippen molar-refractivity contribution < 1.29 is 4.79 Å². The summed E-state index contributed by atoms with van der Waals surface area (Å²) < 4.78 is 1.31. The zero-order valence-electron chi connectivity index (χ0n) is 5.03. The van der Waals surface area contributed by atoms with Crippen LogP contribution in [0.15, 0.2) is 33.3 Å². The minimum absolute atomic E-state index is 0.0284. The molecule has 0 N–H and O–H groups in total. The summed E-state index contributed by atoms with van der Waals surface area (Å²) in [6.45, 7) is 3.71. The number of carbonyl (C=O) groups excluding carboxylic acids is 1. The second kappa shape index (κ2) is 2.84. The van der Waals surface area contributed by atoms with E-state index in [1.807, 2.05) is 0 Å². The summed E-state index contributed by atoms with van der Waals surface area (Å²) >= 11 is 6.30. The first-order valence-corrected chi connectivity index (χ1v) is 4.18. The van der Waals surface area contributed by atoms with E-state index in [1.54, 1.807) is 6.08 Å². The Kier molecular flexibility index (Phi) is 2.26. The smallest absolute Gasteiger partial charge is 0.193 e. The quantitative estimate of drug-likeness (QED) is 0.657. The summed E-state index contributed by atoms with van der Waals surface area (Å²) in [7, 11) is 0. The molecule has 3 heteroatoms. The molecule has 0 amide bonds. The zero-order chi connectivity index (χ0) is 7.72.